The van der Waals surface area contributed by atoms with E-state index < -0.39 is 0 Å². The van der Waals surface area contributed by atoms with Crippen LogP contribution in [0.15, 0.2) is 67.1 Å². The highest BCUT2D eigenvalue weighted by molar-refractivity contribution is 5.96. The molecular formula is C20H19N3O2. The normalized spacial score (nSPS) is 10.3. The zero-order chi connectivity index (χ0) is 17.5. The summed E-state index contributed by atoms with van der Waals surface area (Å²) >= 11 is 0. The number of amides is 1. The Labute approximate surface area is 146 Å². The minimum absolute atomic E-state index is 0.163. The van der Waals surface area contributed by atoms with Crippen molar-refractivity contribution < 1.29 is 9.53 Å². The van der Waals surface area contributed by atoms with E-state index in [4.69, 9.17) is 4.74 Å². The Morgan fingerprint density at radius 1 is 1.12 bits per heavy atom. The molecule has 0 saturated carbocycles. The van der Waals surface area contributed by atoms with Gasteiger partial charge in [0.15, 0.2) is 0 Å². The number of ether oxygens (including phenoxy) is 1. The first-order valence-corrected chi connectivity index (χ1v) is 8.13. The van der Waals surface area contributed by atoms with Gasteiger partial charge in [0.2, 0.25) is 0 Å². The zero-order valence-corrected chi connectivity index (χ0v) is 14.0. The van der Waals surface area contributed by atoms with Crippen LogP contribution in [-0.4, -0.2) is 22.5 Å². The number of benzene rings is 1. The van der Waals surface area contributed by atoms with Crippen LogP contribution in [0.2, 0.25) is 0 Å². The molecule has 1 aromatic carbocycles. The van der Waals surface area contributed by atoms with Gasteiger partial charge in [-0.2, -0.15) is 0 Å². The molecule has 0 saturated heterocycles. The van der Waals surface area contributed by atoms with E-state index >= 15 is 0 Å². The van der Waals surface area contributed by atoms with E-state index in [0.717, 1.165) is 16.8 Å². The summed E-state index contributed by atoms with van der Waals surface area (Å²) in [7, 11) is 0. The number of hydrogen-bond donors (Lipinski definition) is 1. The Balaban J connectivity index is 1.71. The van der Waals surface area contributed by atoms with E-state index in [1.54, 1.807) is 30.7 Å². The summed E-state index contributed by atoms with van der Waals surface area (Å²) < 4.78 is 5.51. The van der Waals surface area contributed by atoms with Gasteiger partial charge in [-0.3, -0.25) is 14.8 Å². The van der Waals surface area contributed by atoms with E-state index in [1.165, 1.54) is 0 Å². The topological polar surface area (TPSA) is 64.1 Å². The summed E-state index contributed by atoms with van der Waals surface area (Å²) in [6, 6.07) is 14.9. The summed E-state index contributed by atoms with van der Waals surface area (Å²) in [5.41, 5.74) is 3.27. The lowest BCUT2D eigenvalue weighted by Gasteiger charge is -2.11. The third-order valence-electron chi connectivity index (χ3n) is 3.67. The Bertz CT molecular complexity index is 850. The lowest BCUT2D eigenvalue weighted by Crippen LogP contribution is -2.23. The smallest absolute Gasteiger partial charge is 0.255 e. The van der Waals surface area contributed by atoms with Gasteiger partial charge >= 0.3 is 0 Å². The van der Waals surface area contributed by atoms with Crippen molar-refractivity contribution in [2.45, 2.75) is 13.5 Å². The highest BCUT2D eigenvalue weighted by Gasteiger charge is 2.11. The number of nitrogens with one attached hydrogen (secondary N) is 1. The Kier molecular flexibility index (Phi) is 5.36. The van der Waals surface area contributed by atoms with Crippen molar-refractivity contribution in [1.29, 1.82) is 0 Å². The number of aromatic nitrogens is 2. The molecule has 2 aromatic heterocycles. The zero-order valence-electron chi connectivity index (χ0n) is 14.0. The molecule has 0 radical (unpaired) electrons. The van der Waals surface area contributed by atoms with Gasteiger partial charge in [0.1, 0.15) is 5.75 Å². The third kappa shape index (κ3) is 4.20. The van der Waals surface area contributed by atoms with E-state index in [-0.39, 0.29) is 5.91 Å². The van der Waals surface area contributed by atoms with Crippen LogP contribution in [0, 0.1) is 0 Å². The Morgan fingerprint density at radius 2 is 2.00 bits per heavy atom. The minimum atomic E-state index is -0.163. The Morgan fingerprint density at radius 3 is 2.80 bits per heavy atom. The summed E-state index contributed by atoms with van der Waals surface area (Å²) in [6.45, 7) is 2.82. The lowest BCUT2D eigenvalue weighted by atomic mass is 10.1. The van der Waals surface area contributed by atoms with Crippen LogP contribution in [-0.2, 0) is 6.54 Å². The van der Waals surface area contributed by atoms with Crippen LogP contribution < -0.4 is 10.1 Å². The molecule has 5 nitrogen and oxygen atoms in total. The maximum atomic E-state index is 12.5. The summed E-state index contributed by atoms with van der Waals surface area (Å²) in [5.74, 6) is 0.428. The maximum absolute atomic E-state index is 12.5. The number of carbonyl (C=O) groups is 1. The lowest BCUT2D eigenvalue weighted by molar-refractivity contribution is 0.0947. The number of para-hydroxylation sites is 1. The molecule has 0 aliphatic carbocycles. The molecule has 0 fully saturated rings. The van der Waals surface area contributed by atoms with Crippen LogP contribution in [0.3, 0.4) is 0 Å². The minimum Gasteiger partial charge on any atom is -0.493 e. The van der Waals surface area contributed by atoms with Crippen LogP contribution >= 0.6 is 0 Å². The predicted octanol–water partition coefficient (Wildman–Crippen LogP) is 3.47. The highest BCUT2D eigenvalue weighted by atomic mass is 16.5. The van der Waals surface area contributed by atoms with E-state index in [9.17, 15) is 4.79 Å². The molecule has 3 aromatic rings. The highest BCUT2D eigenvalue weighted by Crippen LogP contribution is 2.19. The molecule has 126 valence electrons. The molecule has 25 heavy (non-hydrogen) atoms. The average Bonchev–Trinajstić information content (AvgIpc) is 2.68. The van der Waals surface area contributed by atoms with Crippen LogP contribution in [0.5, 0.6) is 5.75 Å². The van der Waals surface area contributed by atoms with Gasteiger partial charge in [0.05, 0.1) is 17.9 Å². The third-order valence-corrected chi connectivity index (χ3v) is 3.67. The molecule has 0 aliphatic rings. The number of rotatable bonds is 6. The van der Waals surface area contributed by atoms with E-state index in [0.29, 0.717) is 24.5 Å². The quantitative estimate of drug-likeness (QED) is 0.750. The van der Waals surface area contributed by atoms with Gasteiger partial charge in [-0.25, -0.2) is 0 Å². The first-order valence-electron chi connectivity index (χ1n) is 8.13. The van der Waals surface area contributed by atoms with Crippen molar-refractivity contribution in [3.05, 3.63) is 78.2 Å². The van der Waals surface area contributed by atoms with Crippen molar-refractivity contribution in [3.63, 3.8) is 0 Å². The molecule has 1 N–H and O–H groups in total. The van der Waals surface area contributed by atoms with Crippen molar-refractivity contribution in [2.75, 3.05) is 6.61 Å². The van der Waals surface area contributed by atoms with Crippen LogP contribution in [0.1, 0.15) is 22.8 Å². The van der Waals surface area contributed by atoms with Gasteiger partial charge < -0.3 is 10.1 Å². The Hall–Kier alpha value is -3.21. The van der Waals surface area contributed by atoms with Crippen molar-refractivity contribution in [2.24, 2.45) is 0 Å². The largest absolute Gasteiger partial charge is 0.493 e. The fraction of sp³-hybridized carbons (Fsp3) is 0.150. The van der Waals surface area contributed by atoms with E-state index in [1.807, 2.05) is 43.3 Å². The van der Waals surface area contributed by atoms with E-state index in [2.05, 4.69) is 15.3 Å². The van der Waals surface area contributed by atoms with Crippen LogP contribution in [0.4, 0.5) is 0 Å². The molecule has 0 bridgehead atoms. The van der Waals surface area contributed by atoms with Gasteiger partial charge in [-0.15, -0.1) is 0 Å². The van der Waals surface area contributed by atoms with Gasteiger partial charge in [-0.1, -0.05) is 12.1 Å². The fourth-order valence-electron chi connectivity index (χ4n) is 2.47. The standard InChI is InChI=1S/C20H19N3O2/c1-2-25-19-8-4-3-7-17(19)20(24)23-13-15-9-11-22-18(12-15)16-6-5-10-21-14-16/h3-12,14H,2,13H2,1H3,(H,23,24). The van der Waals surface area contributed by atoms with Crippen molar-refractivity contribution in [3.8, 4) is 17.0 Å². The maximum Gasteiger partial charge on any atom is 0.255 e. The second-order valence-corrected chi connectivity index (χ2v) is 5.40. The van der Waals surface area contributed by atoms with Crippen molar-refractivity contribution in [1.82, 2.24) is 15.3 Å². The second-order valence-electron chi connectivity index (χ2n) is 5.40. The monoisotopic (exact) mass is 333 g/mol. The van der Waals surface area contributed by atoms with Gasteiger partial charge in [0, 0.05) is 30.7 Å². The fourth-order valence-corrected chi connectivity index (χ4v) is 2.47. The average molecular weight is 333 g/mol. The first-order chi connectivity index (χ1) is 12.3. The molecule has 5 heteroatoms. The van der Waals surface area contributed by atoms with Gasteiger partial charge in [-0.05, 0) is 48.9 Å². The molecule has 0 unspecified atom stereocenters. The summed E-state index contributed by atoms with van der Waals surface area (Å²) in [5, 5.41) is 2.93. The molecule has 2 heterocycles. The number of hydrogen-bond acceptors (Lipinski definition) is 4. The molecule has 0 spiro atoms. The molecule has 3 rings (SSSR count). The number of pyridine rings is 2. The number of nitrogens with zero attached hydrogens (tertiary/aromatic N) is 2. The predicted molar refractivity (Wildman–Crippen MR) is 96.2 cm³/mol. The summed E-state index contributed by atoms with van der Waals surface area (Å²) in [6.07, 6.45) is 5.23. The molecule has 0 atom stereocenters. The molecule has 1 amide bonds. The first kappa shape index (κ1) is 16.6. The molecule has 0 aliphatic heterocycles. The van der Waals surface area contributed by atoms with Crippen molar-refractivity contribution >= 4 is 5.91 Å². The van der Waals surface area contributed by atoms with Gasteiger partial charge in [0.25, 0.3) is 5.91 Å². The molecular weight excluding hydrogens is 314 g/mol. The van der Waals surface area contributed by atoms with Crippen LogP contribution in [0.25, 0.3) is 11.3 Å². The summed E-state index contributed by atoms with van der Waals surface area (Å²) in [4.78, 5) is 20.9. The SMILES string of the molecule is CCOc1ccccc1C(=O)NCc1ccnc(-c2cccnc2)c1. The number of carbonyl (C=O) groups excluding carboxylic acids is 1. The second kappa shape index (κ2) is 8.06.